The molecule has 0 aliphatic rings. The van der Waals surface area contributed by atoms with Crippen LogP contribution in [0.2, 0.25) is 0 Å². The van der Waals surface area contributed by atoms with Crippen LogP contribution in [0.5, 0.6) is 0 Å². The molecular weight excluding hydrogens is 365 g/mol. The van der Waals surface area contributed by atoms with Crippen LogP contribution in [-0.2, 0) is 11.0 Å². The molecule has 0 bridgehead atoms. The van der Waals surface area contributed by atoms with Gasteiger partial charge in [0, 0.05) is 22.8 Å². The third-order valence-corrected chi connectivity index (χ3v) is 4.33. The van der Waals surface area contributed by atoms with Crippen LogP contribution in [0.25, 0.3) is 0 Å². The molecule has 2 amide bonds. The number of carbonyl (C=O) groups excluding carboxylic acids is 2. The van der Waals surface area contributed by atoms with Crippen molar-refractivity contribution in [3.8, 4) is 0 Å². The summed E-state index contributed by atoms with van der Waals surface area (Å²) in [7, 11) is 0. The highest BCUT2D eigenvalue weighted by Crippen LogP contribution is 2.29. The summed E-state index contributed by atoms with van der Waals surface area (Å²) in [5, 5.41) is 5.04. The Morgan fingerprint density at radius 3 is 2.19 bits per heavy atom. The molecule has 0 aliphatic heterocycles. The number of hydrogen-bond donors (Lipinski definition) is 2. The summed E-state index contributed by atoms with van der Waals surface area (Å²) < 4.78 is 37.4. The maximum atomic E-state index is 12.5. The molecule has 0 aliphatic carbocycles. The van der Waals surface area contributed by atoms with Gasteiger partial charge in [0.2, 0.25) is 5.91 Å². The minimum atomic E-state index is -4.45. The number of carbonyl (C=O) groups is 2. The van der Waals surface area contributed by atoms with Crippen LogP contribution in [0.15, 0.2) is 59.5 Å². The first-order chi connectivity index (χ1) is 12.4. The Morgan fingerprint density at radius 2 is 1.58 bits per heavy atom. The third-order valence-electron chi connectivity index (χ3n) is 3.32. The lowest BCUT2D eigenvalue weighted by Crippen LogP contribution is -2.37. The van der Waals surface area contributed by atoms with E-state index in [9.17, 15) is 22.8 Å². The van der Waals surface area contributed by atoms with E-state index in [-0.39, 0.29) is 18.0 Å². The van der Waals surface area contributed by atoms with Crippen LogP contribution in [-0.4, -0.2) is 30.7 Å². The highest BCUT2D eigenvalue weighted by Gasteiger charge is 2.30. The summed E-state index contributed by atoms with van der Waals surface area (Å²) in [6.45, 7) is 0.199. The van der Waals surface area contributed by atoms with E-state index < -0.39 is 17.6 Å². The molecule has 8 heteroatoms. The molecular formula is C18H17F3N2O2S. The second-order valence-electron chi connectivity index (χ2n) is 5.27. The maximum Gasteiger partial charge on any atom is 0.416 e. The number of benzene rings is 2. The predicted molar refractivity (Wildman–Crippen MR) is 94.0 cm³/mol. The monoisotopic (exact) mass is 382 g/mol. The van der Waals surface area contributed by atoms with Gasteiger partial charge < -0.3 is 10.6 Å². The molecule has 0 fully saturated rings. The fourth-order valence-electron chi connectivity index (χ4n) is 2.01. The molecule has 26 heavy (non-hydrogen) atoms. The van der Waals surface area contributed by atoms with Gasteiger partial charge in [-0.05, 0) is 36.4 Å². The average Bonchev–Trinajstić information content (AvgIpc) is 2.63. The zero-order chi connectivity index (χ0) is 19.0. The van der Waals surface area contributed by atoms with Crippen molar-refractivity contribution in [3.63, 3.8) is 0 Å². The van der Waals surface area contributed by atoms with Gasteiger partial charge >= 0.3 is 6.18 Å². The Labute approximate surface area is 153 Å². The summed E-state index contributed by atoms with van der Waals surface area (Å²) >= 11 is 1.59. The van der Waals surface area contributed by atoms with Crippen LogP contribution < -0.4 is 10.6 Å². The Hall–Kier alpha value is -2.48. The van der Waals surface area contributed by atoms with Gasteiger partial charge in [0.15, 0.2) is 0 Å². The number of amides is 2. The summed E-state index contributed by atoms with van der Waals surface area (Å²) in [6, 6.07) is 13.5. The smallest absolute Gasteiger partial charge is 0.354 e. The van der Waals surface area contributed by atoms with Gasteiger partial charge in [0.1, 0.15) is 0 Å². The second kappa shape index (κ2) is 9.28. The van der Waals surface area contributed by atoms with E-state index in [1.165, 1.54) is 0 Å². The maximum absolute atomic E-state index is 12.5. The third kappa shape index (κ3) is 6.44. The molecule has 4 nitrogen and oxygen atoms in total. The normalized spacial score (nSPS) is 11.0. The van der Waals surface area contributed by atoms with Gasteiger partial charge in [-0.2, -0.15) is 13.2 Å². The minimum Gasteiger partial charge on any atom is -0.354 e. The van der Waals surface area contributed by atoms with Crippen molar-refractivity contribution in [2.45, 2.75) is 11.1 Å². The van der Waals surface area contributed by atoms with Crippen molar-refractivity contribution < 1.29 is 22.8 Å². The van der Waals surface area contributed by atoms with E-state index in [2.05, 4.69) is 10.6 Å². The quantitative estimate of drug-likeness (QED) is 0.570. The molecule has 0 saturated carbocycles. The van der Waals surface area contributed by atoms with Crippen molar-refractivity contribution in [2.24, 2.45) is 0 Å². The van der Waals surface area contributed by atoms with Gasteiger partial charge in [0.25, 0.3) is 5.91 Å². The Balaban J connectivity index is 1.69. The summed E-state index contributed by atoms with van der Waals surface area (Å²) in [5.41, 5.74) is -0.770. The van der Waals surface area contributed by atoms with Crippen molar-refractivity contribution in [3.05, 3.63) is 65.7 Å². The fraction of sp³-hybridized carbons (Fsp3) is 0.222. The van der Waals surface area contributed by atoms with Crippen LogP contribution in [0, 0.1) is 0 Å². The Morgan fingerprint density at radius 1 is 0.923 bits per heavy atom. The summed E-state index contributed by atoms with van der Waals surface area (Å²) in [6.07, 6.45) is -4.45. The molecule has 0 atom stereocenters. The summed E-state index contributed by atoms with van der Waals surface area (Å²) in [5.74, 6) is -0.283. The van der Waals surface area contributed by atoms with E-state index in [0.717, 1.165) is 29.2 Å². The molecule has 0 aromatic heterocycles. The van der Waals surface area contributed by atoms with Crippen LogP contribution >= 0.6 is 11.8 Å². The van der Waals surface area contributed by atoms with E-state index in [1.54, 1.807) is 11.8 Å². The highest BCUT2D eigenvalue weighted by molar-refractivity contribution is 7.99. The van der Waals surface area contributed by atoms with Gasteiger partial charge in [-0.1, -0.05) is 18.2 Å². The number of thioether (sulfide) groups is 1. The SMILES string of the molecule is O=C(CNC(=O)c1ccc(C(F)(F)F)cc1)NCCSc1ccccc1. The zero-order valence-corrected chi connectivity index (χ0v) is 14.5. The molecule has 2 aromatic rings. The molecule has 0 heterocycles. The molecule has 2 N–H and O–H groups in total. The minimum absolute atomic E-state index is 0.0606. The van der Waals surface area contributed by atoms with Crippen LogP contribution in [0.3, 0.4) is 0 Å². The van der Waals surface area contributed by atoms with Crippen LogP contribution in [0.4, 0.5) is 13.2 Å². The molecule has 0 spiro atoms. The van der Waals surface area contributed by atoms with E-state index in [0.29, 0.717) is 12.3 Å². The highest BCUT2D eigenvalue weighted by atomic mass is 32.2. The molecule has 0 radical (unpaired) electrons. The first-order valence-corrected chi connectivity index (χ1v) is 8.75. The lowest BCUT2D eigenvalue weighted by molar-refractivity contribution is -0.137. The standard InChI is InChI=1S/C18H17F3N2O2S/c19-18(20,21)14-8-6-13(7-9-14)17(25)23-12-16(24)22-10-11-26-15-4-2-1-3-5-15/h1-9H,10-12H2,(H,22,24)(H,23,25). The number of alkyl halides is 3. The van der Waals surface area contributed by atoms with E-state index in [4.69, 9.17) is 0 Å². The van der Waals surface area contributed by atoms with Crippen molar-refractivity contribution in [2.75, 3.05) is 18.8 Å². The van der Waals surface area contributed by atoms with Gasteiger partial charge in [-0.3, -0.25) is 9.59 Å². The molecule has 138 valence electrons. The average molecular weight is 382 g/mol. The molecule has 0 unspecified atom stereocenters. The van der Waals surface area contributed by atoms with Crippen molar-refractivity contribution in [1.29, 1.82) is 0 Å². The Kier molecular flexibility index (Phi) is 7.08. The Bertz CT molecular complexity index is 734. The predicted octanol–water partition coefficient (Wildman–Crippen LogP) is 3.34. The number of rotatable bonds is 7. The lowest BCUT2D eigenvalue weighted by Gasteiger charge is -2.09. The first-order valence-electron chi connectivity index (χ1n) is 7.76. The van der Waals surface area contributed by atoms with Crippen molar-refractivity contribution in [1.82, 2.24) is 10.6 Å². The van der Waals surface area contributed by atoms with Gasteiger partial charge in [-0.25, -0.2) is 0 Å². The van der Waals surface area contributed by atoms with E-state index >= 15 is 0 Å². The number of hydrogen-bond acceptors (Lipinski definition) is 3. The van der Waals surface area contributed by atoms with Crippen LogP contribution in [0.1, 0.15) is 15.9 Å². The van der Waals surface area contributed by atoms with Crippen molar-refractivity contribution >= 4 is 23.6 Å². The second-order valence-corrected chi connectivity index (χ2v) is 6.44. The largest absolute Gasteiger partial charge is 0.416 e. The summed E-state index contributed by atoms with van der Waals surface area (Å²) in [4.78, 5) is 24.6. The zero-order valence-electron chi connectivity index (χ0n) is 13.7. The molecule has 2 rings (SSSR count). The molecule has 0 saturated heterocycles. The number of nitrogens with one attached hydrogen (secondary N) is 2. The lowest BCUT2D eigenvalue weighted by atomic mass is 10.1. The van der Waals surface area contributed by atoms with Gasteiger partial charge in [0.05, 0.1) is 12.1 Å². The van der Waals surface area contributed by atoms with Gasteiger partial charge in [-0.15, -0.1) is 11.8 Å². The topological polar surface area (TPSA) is 58.2 Å². The fourth-order valence-corrected chi connectivity index (χ4v) is 2.80. The molecule has 2 aromatic carbocycles. The van der Waals surface area contributed by atoms with E-state index in [1.807, 2.05) is 30.3 Å². The number of halogens is 3. The first kappa shape index (κ1) is 19.8.